The highest BCUT2D eigenvalue weighted by atomic mass is 16.5. The molecular formula is C33H27N3O9. The van der Waals surface area contributed by atoms with E-state index in [1.165, 1.54) is 100 Å². The molecule has 0 aliphatic carbocycles. The molecule has 0 fully saturated rings. The molecule has 45 heavy (non-hydrogen) atoms. The summed E-state index contributed by atoms with van der Waals surface area (Å²) < 4.78 is 14.1. The summed E-state index contributed by atoms with van der Waals surface area (Å²) in [5.74, 6) is -3.62. The number of rotatable bonds is 9. The van der Waals surface area contributed by atoms with E-state index in [1.54, 1.807) is 12.1 Å². The van der Waals surface area contributed by atoms with Crippen LogP contribution in [-0.2, 0) is 14.2 Å². The number of anilines is 3. The van der Waals surface area contributed by atoms with Crippen molar-refractivity contribution in [2.24, 2.45) is 0 Å². The summed E-state index contributed by atoms with van der Waals surface area (Å²) in [5.41, 5.74) is 1.67. The van der Waals surface area contributed by atoms with Gasteiger partial charge >= 0.3 is 17.9 Å². The summed E-state index contributed by atoms with van der Waals surface area (Å²) in [6.45, 7) is 0. The average Bonchev–Trinajstić information content (AvgIpc) is 3.07. The van der Waals surface area contributed by atoms with Crippen LogP contribution in [0.5, 0.6) is 0 Å². The molecular weight excluding hydrogens is 582 g/mol. The first kappa shape index (κ1) is 31.6. The van der Waals surface area contributed by atoms with Crippen LogP contribution in [0, 0.1) is 0 Å². The van der Waals surface area contributed by atoms with E-state index in [1.807, 2.05) is 0 Å². The van der Waals surface area contributed by atoms with Gasteiger partial charge in [-0.2, -0.15) is 0 Å². The van der Waals surface area contributed by atoms with E-state index < -0.39 is 35.6 Å². The number of carbonyl (C=O) groups excluding carboxylic acids is 6. The van der Waals surface area contributed by atoms with E-state index in [-0.39, 0.29) is 39.1 Å². The Balaban J connectivity index is 1.63. The van der Waals surface area contributed by atoms with Crippen LogP contribution >= 0.6 is 0 Å². The van der Waals surface area contributed by atoms with Gasteiger partial charge in [0, 0.05) is 33.8 Å². The van der Waals surface area contributed by atoms with Crippen molar-refractivity contribution in [3.63, 3.8) is 0 Å². The number of ether oxygens (including phenoxy) is 3. The van der Waals surface area contributed by atoms with E-state index in [4.69, 9.17) is 4.74 Å². The lowest BCUT2D eigenvalue weighted by Crippen LogP contribution is -2.19. The number of amides is 3. The molecule has 228 valence electrons. The maximum atomic E-state index is 13.3. The fourth-order valence-electron chi connectivity index (χ4n) is 4.09. The molecule has 0 radical (unpaired) electrons. The van der Waals surface area contributed by atoms with Crippen molar-refractivity contribution in [1.82, 2.24) is 0 Å². The van der Waals surface area contributed by atoms with Crippen LogP contribution in [-0.4, -0.2) is 57.0 Å². The van der Waals surface area contributed by atoms with Crippen molar-refractivity contribution < 1.29 is 43.0 Å². The van der Waals surface area contributed by atoms with Crippen molar-refractivity contribution >= 4 is 52.7 Å². The highest BCUT2D eigenvalue weighted by Gasteiger charge is 2.18. The number of hydrogen-bond acceptors (Lipinski definition) is 9. The van der Waals surface area contributed by atoms with Gasteiger partial charge in [0.15, 0.2) is 0 Å². The lowest BCUT2D eigenvalue weighted by molar-refractivity contribution is 0.0592. The topological polar surface area (TPSA) is 166 Å². The predicted molar refractivity (Wildman–Crippen MR) is 164 cm³/mol. The second-order valence-electron chi connectivity index (χ2n) is 9.37. The monoisotopic (exact) mass is 609 g/mol. The Morgan fingerprint density at radius 2 is 0.756 bits per heavy atom. The molecule has 12 heteroatoms. The summed E-state index contributed by atoms with van der Waals surface area (Å²) in [7, 11) is 3.74. The van der Waals surface area contributed by atoms with Gasteiger partial charge in [-0.15, -0.1) is 0 Å². The van der Waals surface area contributed by atoms with Crippen LogP contribution in [0.4, 0.5) is 17.1 Å². The normalized spacial score (nSPS) is 10.2. The Bertz CT molecular complexity index is 1690. The minimum atomic E-state index is -0.662. The zero-order valence-electron chi connectivity index (χ0n) is 24.3. The van der Waals surface area contributed by atoms with Crippen LogP contribution in [0.25, 0.3) is 0 Å². The SMILES string of the molecule is COC(=O)c1ccc(NC(=O)c2cc(C(=O)Nc3ccc(C(=O)OC)cc3)cc(C(=O)Nc3cccc(C(=O)OC)c3)c2)cc1. The Hall–Kier alpha value is -6.30. The van der Waals surface area contributed by atoms with Crippen molar-refractivity contribution in [2.75, 3.05) is 37.3 Å². The van der Waals surface area contributed by atoms with E-state index in [0.29, 0.717) is 11.4 Å². The van der Waals surface area contributed by atoms with Crippen molar-refractivity contribution in [3.05, 3.63) is 124 Å². The molecule has 0 spiro atoms. The molecule has 0 bridgehead atoms. The summed E-state index contributed by atoms with van der Waals surface area (Å²) >= 11 is 0. The third-order valence-corrected chi connectivity index (χ3v) is 6.39. The van der Waals surface area contributed by atoms with Gasteiger partial charge in [0.1, 0.15) is 0 Å². The number of methoxy groups -OCH3 is 3. The van der Waals surface area contributed by atoms with Gasteiger partial charge in [0.25, 0.3) is 17.7 Å². The zero-order chi connectivity index (χ0) is 32.5. The molecule has 0 aliphatic rings. The minimum absolute atomic E-state index is 0.0193. The Morgan fingerprint density at radius 1 is 0.400 bits per heavy atom. The first-order valence-electron chi connectivity index (χ1n) is 13.3. The lowest BCUT2D eigenvalue weighted by atomic mass is 10.0. The van der Waals surface area contributed by atoms with Crippen molar-refractivity contribution in [3.8, 4) is 0 Å². The molecule has 3 N–H and O–H groups in total. The predicted octanol–water partition coefficient (Wildman–Crippen LogP) is 4.80. The Morgan fingerprint density at radius 3 is 1.13 bits per heavy atom. The highest BCUT2D eigenvalue weighted by molar-refractivity contribution is 6.13. The van der Waals surface area contributed by atoms with Crippen LogP contribution in [0.3, 0.4) is 0 Å². The lowest BCUT2D eigenvalue weighted by Gasteiger charge is -2.12. The van der Waals surface area contributed by atoms with E-state index >= 15 is 0 Å². The van der Waals surface area contributed by atoms with Crippen LogP contribution in [0.1, 0.15) is 62.1 Å². The Labute approximate surface area is 257 Å². The first-order valence-corrected chi connectivity index (χ1v) is 13.3. The minimum Gasteiger partial charge on any atom is -0.465 e. The van der Waals surface area contributed by atoms with Crippen LogP contribution in [0.15, 0.2) is 91.0 Å². The third kappa shape index (κ3) is 7.96. The quantitative estimate of drug-likeness (QED) is 0.178. The molecule has 3 amide bonds. The summed E-state index contributed by atoms with van der Waals surface area (Å²) in [5, 5.41) is 8.00. The molecule has 0 aromatic heterocycles. The molecule has 4 rings (SSSR count). The van der Waals surface area contributed by atoms with Gasteiger partial charge in [-0.3, -0.25) is 14.4 Å². The molecule has 0 saturated carbocycles. The van der Waals surface area contributed by atoms with Gasteiger partial charge in [-0.25, -0.2) is 14.4 Å². The molecule has 4 aromatic carbocycles. The number of carbonyl (C=O) groups is 6. The van der Waals surface area contributed by atoms with Crippen molar-refractivity contribution in [1.29, 1.82) is 0 Å². The average molecular weight is 610 g/mol. The zero-order valence-corrected chi connectivity index (χ0v) is 24.3. The second-order valence-corrected chi connectivity index (χ2v) is 9.37. The molecule has 0 unspecified atom stereocenters. The largest absolute Gasteiger partial charge is 0.465 e. The van der Waals surface area contributed by atoms with Gasteiger partial charge < -0.3 is 30.2 Å². The maximum absolute atomic E-state index is 13.3. The van der Waals surface area contributed by atoms with E-state index in [9.17, 15) is 28.8 Å². The van der Waals surface area contributed by atoms with Gasteiger partial charge in [0.2, 0.25) is 0 Å². The first-order chi connectivity index (χ1) is 21.6. The Kier molecular flexibility index (Phi) is 10.0. The molecule has 0 atom stereocenters. The van der Waals surface area contributed by atoms with E-state index in [0.717, 1.165) is 0 Å². The van der Waals surface area contributed by atoms with Crippen molar-refractivity contribution in [2.45, 2.75) is 0 Å². The second kappa shape index (κ2) is 14.2. The molecule has 0 aliphatic heterocycles. The molecule has 12 nitrogen and oxygen atoms in total. The number of nitrogens with one attached hydrogen (secondary N) is 3. The number of hydrogen-bond donors (Lipinski definition) is 3. The van der Waals surface area contributed by atoms with Crippen LogP contribution in [0.2, 0.25) is 0 Å². The highest BCUT2D eigenvalue weighted by Crippen LogP contribution is 2.19. The van der Waals surface area contributed by atoms with Gasteiger partial charge in [-0.05, 0) is 84.9 Å². The number of esters is 3. The standard InChI is InChI=1S/C33H27N3O9/c1-43-31(40)19-7-11-25(12-8-19)34-28(37)22-15-23(29(38)35-26-13-9-20(10-14-26)32(41)44-2)17-24(16-22)30(39)36-27-6-4-5-21(18-27)33(42)45-3/h4-18H,1-3H3,(H,34,37)(H,35,38)(H,36,39). The fraction of sp³-hybridized carbons (Fsp3) is 0.0909. The summed E-state index contributed by atoms with van der Waals surface area (Å²) in [4.78, 5) is 75.3. The molecule has 0 heterocycles. The van der Waals surface area contributed by atoms with E-state index in [2.05, 4.69) is 25.4 Å². The van der Waals surface area contributed by atoms with Crippen LogP contribution < -0.4 is 16.0 Å². The smallest absolute Gasteiger partial charge is 0.337 e. The summed E-state index contributed by atoms with van der Waals surface area (Å²) in [6.07, 6.45) is 0. The summed E-state index contributed by atoms with van der Waals surface area (Å²) in [6, 6.07) is 21.9. The fourth-order valence-corrected chi connectivity index (χ4v) is 4.09. The van der Waals surface area contributed by atoms with Gasteiger partial charge in [0.05, 0.1) is 38.0 Å². The third-order valence-electron chi connectivity index (χ3n) is 6.39. The van der Waals surface area contributed by atoms with Gasteiger partial charge in [-0.1, -0.05) is 6.07 Å². The molecule has 0 saturated heterocycles. The maximum Gasteiger partial charge on any atom is 0.337 e. The number of benzene rings is 4. The molecule has 4 aromatic rings.